The van der Waals surface area contributed by atoms with Gasteiger partial charge >= 0.3 is 0 Å². The molecular weight excluding hydrogens is 206 g/mol. The van der Waals surface area contributed by atoms with Gasteiger partial charge in [-0.3, -0.25) is 4.98 Å². The largest absolute Gasteiger partial charge is 0.383 e. The van der Waals surface area contributed by atoms with Crippen molar-refractivity contribution in [3.8, 4) is 0 Å². The van der Waals surface area contributed by atoms with E-state index in [-0.39, 0.29) is 0 Å². The first-order chi connectivity index (χ1) is 7.18. The molecule has 2 aromatic heterocycles. The summed E-state index contributed by atoms with van der Waals surface area (Å²) in [4.78, 5) is 6.23. The number of thiophene rings is 1. The fourth-order valence-electron chi connectivity index (χ4n) is 1.52. The van der Waals surface area contributed by atoms with E-state index in [1.807, 2.05) is 32.0 Å². The number of aryl methyl sites for hydroxylation is 2. The highest BCUT2D eigenvalue weighted by Crippen LogP contribution is 2.29. The predicted molar refractivity (Wildman–Crippen MR) is 62.1 cm³/mol. The number of aliphatic hydroxyl groups excluding tert-OH is 1. The first kappa shape index (κ1) is 10.3. The van der Waals surface area contributed by atoms with Crippen molar-refractivity contribution in [3.05, 3.63) is 51.5 Å². The molecule has 0 aliphatic heterocycles. The lowest BCUT2D eigenvalue weighted by Crippen LogP contribution is -2.00. The Hall–Kier alpha value is -1.19. The smallest absolute Gasteiger partial charge is 0.115 e. The molecule has 0 aliphatic carbocycles. The average Bonchev–Trinajstić information content (AvgIpc) is 2.65. The molecule has 78 valence electrons. The quantitative estimate of drug-likeness (QED) is 0.842. The van der Waals surface area contributed by atoms with Gasteiger partial charge in [-0.2, -0.15) is 0 Å². The highest BCUT2D eigenvalue weighted by molar-refractivity contribution is 7.12. The average molecular weight is 219 g/mol. The predicted octanol–water partition coefficient (Wildman–Crippen LogP) is 2.84. The summed E-state index contributed by atoms with van der Waals surface area (Å²) in [5, 5.41) is 10.2. The lowest BCUT2D eigenvalue weighted by Gasteiger charge is -2.10. The van der Waals surface area contributed by atoms with Gasteiger partial charge in [0.15, 0.2) is 0 Å². The molecule has 1 unspecified atom stereocenters. The van der Waals surface area contributed by atoms with Crippen LogP contribution < -0.4 is 0 Å². The molecule has 0 bridgehead atoms. The van der Waals surface area contributed by atoms with E-state index in [0.29, 0.717) is 0 Å². The van der Waals surface area contributed by atoms with Crippen LogP contribution in [0.1, 0.15) is 27.0 Å². The molecule has 2 rings (SSSR count). The second kappa shape index (κ2) is 4.13. The summed E-state index contributed by atoms with van der Waals surface area (Å²) in [6.07, 6.45) is 2.93. The fraction of sp³-hybridized carbons (Fsp3) is 0.250. The highest BCUT2D eigenvalue weighted by Gasteiger charge is 2.14. The first-order valence-corrected chi connectivity index (χ1v) is 5.65. The molecular formula is C12H13NOS. The van der Waals surface area contributed by atoms with Gasteiger partial charge in [0.1, 0.15) is 6.10 Å². The summed E-state index contributed by atoms with van der Waals surface area (Å²) in [6, 6.07) is 5.91. The zero-order chi connectivity index (χ0) is 10.8. The molecule has 1 atom stereocenters. The Kier molecular flexibility index (Phi) is 2.84. The molecule has 0 spiro atoms. The Morgan fingerprint density at radius 2 is 2.07 bits per heavy atom. The summed E-state index contributed by atoms with van der Waals surface area (Å²) in [5.41, 5.74) is 1.96. The molecule has 0 fully saturated rings. The van der Waals surface area contributed by atoms with Gasteiger partial charge in [0.25, 0.3) is 0 Å². The third-order valence-corrected chi connectivity index (χ3v) is 3.46. The normalized spacial score (nSPS) is 12.7. The lowest BCUT2D eigenvalue weighted by atomic mass is 10.1. The van der Waals surface area contributed by atoms with Crippen LogP contribution in [0.3, 0.4) is 0 Å². The van der Waals surface area contributed by atoms with Gasteiger partial charge in [-0.1, -0.05) is 0 Å². The molecule has 1 N–H and O–H groups in total. The van der Waals surface area contributed by atoms with Gasteiger partial charge in [0, 0.05) is 27.7 Å². The second-order valence-corrected chi connectivity index (χ2v) is 4.90. The van der Waals surface area contributed by atoms with E-state index in [1.54, 1.807) is 23.7 Å². The van der Waals surface area contributed by atoms with Crippen LogP contribution in [0.15, 0.2) is 30.6 Å². The monoisotopic (exact) mass is 219 g/mol. The Balaban J connectivity index is 2.36. The van der Waals surface area contributed by atoms with Crippen LogP contribution in [0.4, 0.5) is 0 Å². The van der Waals surface area contributed by atoms with Crippen molar-refractivity contribution in [2.24, 2.45) is 0 Å². The maximum atomic E-state index is 10.2. The van der Waals surface area contributed by atoms with Crippen LogP contribution in [0.2, 0.25) is 0 Å². The van der Waals surface area contributed by atoms with Gasteiger partial charge in [-0.15, -0.1) is 11.3 Å². The van der Waals surface area contributed by atoms with E-state index >= 15 is 0 Å². The van der Waals surface area contributed by atoms with Crippen LogP contribution >= 0.6 is 11.3 Å². The zero-order valence-corrected chi connectivity index (χ0v) is 9.58. The number of aliphatic hydroxyl groups is 1. The number of hydrogen-bond donors (Lipinski definition) is 1. The van der Waals surface area contributed by atoms with E-state index in [2.05, 4.69) is 4.98 Å². The van der Waals surface area contributed by atoms with Gasteiger partial charge in [0.05, 0.1) is 0 Å². The summed E-state index contributed by atoms with van der Waals surface area (Å²) in [6.45, 7) is 4.03. The third-order valence-electron chi connectivity index (χ3n) is 2.40. The maximum Gasteiger partial charge on any atom is 0.115 e. The maximum absolute atomic E-state index is 10.2. The van der Waals surface area contributed by atoms with Crippen molar-refractivity contribution in [2.75, 3.05) is 0 Å². The van der Waals surface area contributed by atoms with Gasteiger partial charge in [0.2, 0.25) is 0 Å². The van der Waals surface area contributed by atoms with Crippen LogP contribution in [0.5, 0.6) is 0 Å². The summed E-state index contributed by atoms with van der Waals surface area (Å²) in [7, 11) is 0. The number of rotatable bonds is 2. The molecule has 0 radical (unpaired) electrons. The standard InChI is InChI=1S/C12H13NOS/c1-8-5-6-13-7-10(8)12(14)11-4-3-9(2)15-11/h3-7,12,14H,1-2H3. The van der Waals surface area contributed by atoms with E-state index in [1.165, 1.54) is 4.88 Å². The van der Waals surface area contributed by atoms with Crippen molar-refractivity contribution in [3.63, 3.8) is 0 Å². The van der Waals surface area contributed by atoms with E-state index in [9.17, 15) is 5.11 Å². The molecule has 0 amide bonds. The van der Waals surface area contributed by atoms with Crippen molar-refractivity contribution < 1.29 is 5.11 Å². The molecule has 0 saturated carbocycles. The van der Waals surface area contributed by atoms with Gasteiger partial charge < -0.3 is 5.11 Å². The zero-order valence-electron chi connectivity index (χ0n) is 8.77. The van der Waals surface area contributed by atoms with Gasteiger partial charge in [-0.25, -0.2) is 0 Å². The molecule has 0 aromatic carbocycles. The summed E-state index contributed by atoms with van der Waals surface area (Å²) < 4.78 is 0. The van der Waals surface area contributed by atoms with Crippen molar-refractivity contribution >= 4 is 11.3 Å². The fourth-order valence-corrected chi connectivity index (χ4v) is 2.40. The van der Waals surface area contributed by atoms with E-state index in [0.717, 1.165) is 16.0 Å². The van der Waals surface area contributed by atoms with Crippen molar-refractivity contribution in [1.29, 1.82) is 0 Å². The summed E-state index contributed by atoms with van der Waals surface area (Å²) >= 11 is 1.62. The Bertz CT molecular complexity index is 464. The molecule has 0 saturated heterocycles. The Morgan fingerprint density at radius 1 is 1.27 bits per heavy atom. The van der Waals surface area contributed by atoms with Crippen LogP contribution in [0, 0.1) is 13.8 Å². The summed E-state index contributed by atoms with van der Waals surface area (Å²) in [5.74, 6) is 0. The molecule has 3 heteroatoms. The third kappa shape index (κ3) is 2.08. The SMILES string of the molecule is Cc1ccc(C(O)c2cnccc2C)s1. The number of aromatic nitrogens is 1. The minimum Gasteiger partial charge on any atom is -0.383 e. The van der Waals surface area contributed by atoms with Crippen molar-refractivity contribution in [2.45, 2.75) is 20.0 Å². The Morgan fingerprint density at radius 3 is 2.67 bits per heavy atom. The number of hydrogen-bond acceptors (Lipinski definition) is 3. The first-order valence-electron chi connectivity index (χ1n) is 4.83. The topological polar surface area (TPSA) is 33.1 Å². The molecule has 2 nitrogen and oxygen atoms in total. The lowest BCUT2D eigenvalue weighted by molar-refractivity contribution is 0.223. The van der Waals surface area contributed by atoms with E-state index in [4.69, 9.17) is 0 Å². The number of nitrogens with zero attached hydrogens (tertiary/aromatic N) is 1. The van der Waals surface area contributed by atoms with Crippen LogP contribution in [-0.4, -0.2) is 10.1 Å². The molecule has 15 heavy (non-hydrogen) atoms. The second-order valence-electron chi connectivity index (χ2n) is 3.58. The minimum atomic E-state index is -0.544. The van der Waals surface area contributed by atoms with Crippen LogP contribution in [0.25, 0.3) is 0 Å². The number of pyridine rings is 1. The Labute approximate surface area is 93.2 Å². The van der Waals surface area contributed by atoms with Crippen molar-refractivity contribution in [1.82, 2.24) is 4.98 Å². The molecule has 2 heterocycles. The minimum absolute atomic E-state index is 0.544. The van der Waals surface area contributed by atoms with Gasteiger partial charge in [-0.05, 0) is 37.6 Å². The van der Waals surface area contributed by atoms with E-state index < -0.39 is 6.10 Å². The molecule has 2 aromatic rings. The molecule has 0 aliphatic rings. The van der Waals surface area contributed by atoms with Crippen LogP contribution in [-0.2, 0) is 0 Å². The highest BCUT2D eigenvalue weighted by atomic mass is 32.1.